The van der Waals surface area contributed by atoms with Gasteiger partial charge in [-0.15, -0.1) is 0 Å². The molecule has 0 aromatic rings. The van der Waals surface area contributed by atoms with E-state index in [2.05, 4.69) is 55.4 Å². The summed E-state index contributed by atoms with van der Waals surface area (Å²) in [5.74, 6) is -0.110. The van der Waals surface area contributed by atoms with Crippen molar-refractivity contribution in [2.24, 2.45) is 11.8 Å². The molecule has 200 valence electrons. The van der Waals surface area contributed by atoms with Gasteiger partial charge in [-0.1, -0.05) is 55.4 Å². The van der Waals surface area contributed by atoms with Crippen molar-refractivity contribution in [3.8, 4) is 0 Å². The molecule has 0 aromatic carbocycles. The monoisotopic (exact) mass is 518 g/mol. The zero-order chi connectivity index (χ0) is 25.8. The van der Waals surface area contributed by atoms with Crippen molar-refractivity contribution in [2.45, 2.75) is 123 Å². The van der Waals surface area contributed by atoms with Crippen molar-refractivity contribution >= 4 is 23.1 Å². The standard InChI is InChI=1S/C25H50O7Si2/c1-12-27-21(11)30-24-22(14-28-20(10)26)13-23-15-29-33(16(2)3,17(4)5)32-34(18(6)7,19(8)9)31-25(23)24/h16-19,21-25H,12-15H2,1-11H3/t21?,22-,23+,24+,25+/m0/s1. The van der Waals surface area contributed by atoms with Gasteiger partial charge < -0.3 is 27.2 Å². The Morgan fingerprint density at radius 1 is 0.941 bits per heavy atom. The Bertz CT molecular complexity index is 639. The fourth-order valence-electron chi connectivity index (χ4n) is 5.75. The van der Waals surface area contributed by atoms with Gasteiger partial charge in [-0.3, -0.25) is 4.79 Å². The SMILES string of the molecule is CCOC(C)O[C@@H]1[C@H](COC(C)=O)C[C@@H]2CO[Si](C(C)C)(C(C)C)O[Si](C(C)C)(C(C)C)O[C@H]21. The van der Waals surface area contributed by atoms with E-state index in [0.29, 0.717) is 30.9 Å². The molecule has 1 heterocycles. The summed E-state index contributed by atoms with van der Waals surface area (Å²) in [4.78, 5) is 11.6. The molecule has 34 heavy (non-hydrogen) atoms. The lowest BCUT2D eigenvalue weighted by Crippen LogP contribution is -2.65. The second-order valence-electron chi connectivity index (χ2n) is 11.2. The fraction of sp³-hybridized carbons (Fsp3) is 0.960. The lowest BCUT2D eigenvalue weighted by molar-refractivity contribution is -0.191. The van der Waals surface area contributed by atoms with Gasteiger partial charge in [0.15, 0.2) is 6.29 Å². The molecule has 2 rings (SSSR count). The molecule has 1 saturated heterocycles. The maximum Gasteiger partial charge on any atom is 0.335 e. The van der Waals surface area contributed by atoms with Crippen LogP contribution >= 0.6 is 0 Å². The van der Waals surface area contributed by atoms with Gasteiger partial charge in [0.2, 0.25) is 0 Å². The molecule has 9 heteroatoms. The quantitative estimate of drug-likeness (QED) is 0.202. The number of carbonyl (C=O) groups excluding carboxylic acids is 1. The van der Waals surface area contributed by atoms with E-state index in [1.807, 2.05) is 13.8 Å². The lowest BCUT2D eigenvalue weighted by atomic mass is 10.1. The highest BCUT2D eigenvalue weighted by Crippen LogP contribution is 2.50. The minimum atomic E-state index is -2.74. The van der Waals surface area contributed by atoms with Crippen molar-refractivity contribution in [3.05, 3.63) is 0 Å². The van der Waals surface area contributed by atoms with Gasteiger partial charge in [0.1, 0.15) is 0 Å². The van der Waals surface area contributed by atoms with Gasteiger partial charge in [0, 0.05) is 32.0 Å². The van der Waals surface area contributed by atoms with Crippen LogP contribution in [0.5, 0.6) is 0 Å². The Hall–Kier alpha value is -0.296. The number of hydrogen-bond acceptors (Lipinski definition) is 7. The Morgan fingerprint density at radius 3 is 1.97 bits per heavy atom. The van der Waals surface area contributed by atoms with Crippen LogP contribution in [0.25, 0.3) is 0 Å². The molecule has 0 aromatic heterocycles. The number of esters is 1. The molecule has 0 N–H and O–H groups in total. The topological polar surface area (TPSA) is 72.5 Å². The van der Waals surface area contributed by atoms with Gasteiger partial charge >= 0.3 is 23.1 Å². The van der Waals surface area contributed by atoms with Crippen LogP contribution in [0.1, 0.15) is 82.6 Å². The molecule has 1 saturated carbocycles. The molecule has 2 fully saturated rings. The van der Waals surface area contributed by atoms with Crippen LogP contribution in [-0.4, -0.2) is 61.4 Å². The number of fused-ring (bicyclic) bond motifs is 1. The van der Waals surface area contributed by atoms with Crippen LogP contribution in [0.15, 0.2) is 0 Å². The third kappa shape index (κ3) is 6.33. The summed E-state index contributed by atoms with van der Waals surface area (Å²) in [6.45, 7) is 24.6. The van der Waals surface area contributed by atoms with E-state index < -0.39 is 17.1 Å². The molecular weight excluding hydrogens is 468 g/mol. The average molecular weight is 519 g/mol. The molecular formula is C25H50O7Si2. The predicted octanol–water partition coefficient (Wildman–Crippen LogP) is 5.91. The van der Waals surface area contributed by atoms with E-state index in [1.165, 1.54) is 6.92 Å². The van der Waals surface area contributed by atoms with Crippen LogP contribution in [0.4, 0.5) is 0 Å². The maximum absolute atomic E-state index is 11.6. The van der Waals surface area contributed by atoms with Crippen molar-refractivity contribution in [1.82, 2.24) is 0 Å². The average Bonchev–Trinajstić information content (AvgIpc) is 3.01. The van der Waals surface area contributed by atoms with E-state index in [0.717, 1.165) is 6.42 Å². The van der Waals surface area contributed by atoms with Crippen molar-refractivity contribution in [3.63, 3.8) is 0 Å². The van der Waals surface area contributed by atoms with Gasteiger partial charge in [-0.2, -0.15) is 0 Å². The third-order valence-corrected chi connectivity index (χ3v) is 17.7. The first-order valence-corrected chi connectivity index (χ1v) is 17.2. The first-order chi connectivity index (χ1) is 15.8. The Labute approximate surface area is 210 Å². The van der Waals surface area contributed by atoms with E-state index in [9.17, 15) is 4.79 Å². The second kappa shape index (κ2) is 12.3. The number of ether oxygens (including phenoxy) is 3. The highest BCUT2D eigenvalue weighted by molar-refractivity contribution is 6.83. The Kier molecular flexibility index (Phi) is 10.8. The summed E-state index contributed by atoms with van der Waals surface area (Å²) in [6.07, 6.45) is 0.00223. The molecule has 0 spiro atoms. The van der Waals surface area contributed by atoms with E-state index in [4.69, 9.17) is 27.2 Å². The smallest absolute Gasteiger partial charge is 0.335 e. The largest absolute Gasteiger partial charge is 0.465 e. The summed E-state index contributed by atoms with van der Waals surface area (Å²) in [6, 6.07) is 0. The highest BCUT2D eigenvalue weighted by Gasteiger charge is 2.61. The number of carbonyl (C=O) groups is 1. The van der Waals surface area contributed by atoms with Crippen LogP contribution < -0.4 is 0 Å². The first-order valence-electron chi connectivity index (χ1n) is 13.2. The molecule has 0 bridgehead atoms. The molecule has 2 aliphatic rings. The minimum absolute atomic E-state index is 0.0173. The summed E-state index contributed by atoms with van der Waals surface area (Å²) >= 11 is 0. The zero-order valence-corrected chi connectivity index (χ0v) is 25.4. The minimum Gasteiger partial charge on any atom is -0.465 e. The van der Waals surface area contributed by atoms with E-state index in [1.54, 1.807) is 0 Å². The molecule has 0 radical (unpaired) electrons. The molecule has 0 amide bonds. The van der Waals surface area contributed by atoms with Crippen LogP contribution in [0.3, 0.4) is 0 Å². The lowest BCUT2D eigenvalue weighted by Gasteiger charge is -2.52. The number of rotatable bonds is 10. The summed E-state index contributed by atoms with van der Waals surface area (Å²) < 4.78 is 39.1. The van der Waals surface area contributed by atoms with Crippen molar-refractivity contribution < 1.29 is 32.0 Å². The predicted molar refractivity (Wildman–Crippen MR) is 138 cm³/mol. The van der Waals surface area contributed by atoms with E-state index >= 15 is 0 Å². The normalized spacial score (nSPS) is 29.9. The molecule has 1 aliphatic carbocycles. The van der Waals surface area contributed by atoms with Crippen LogP contribution in [-0.2, 0) is 32.0 Å². The molecule has 1 aliphatic heterocycles. The second-order valence-corrected chi connectivity index (χ2v) is 20.1. The fourth-order valence-corrected chi connectivity index (χ4v) is 17.1. The van der Waals surface area contributed by atoms with Gasteiger partial charge in [0.05, 0.1) is 18.8 Å². The van der Waals surface area contributed by atoms with Crippen LogP contribution in [0, 0.1) is 11.8 Å². The van der Waals surface area contributed by atoms with Crippen molar-refractivity contribution in [1.29, 1.82) is 0 Å². The first kappa shape index (κ1) is 29.9. The number of hydrogen-bond donors (Lipinski definition) is 0. The molecule has 1 unspecified atom stereocenters. The molecule has 5 atom stereocenters. The van der Waals surface area contributed by atoms with Crippen LogP contribution in [0.2, 0.25) is 22.2 Å². The summed E-state index contributed by atoms with van der Waals surface area (Å²) in [5.41, 5.74) is 1.11. The Morgan fingerprint density at radius 2 is 1.50 bits per heavy atom. The maximum atomic E-state index is 11.6. The van der Waals surface area contributed by atoms with Gasteiger partial charge in [-0.25, -0.2) is 0 Å². The van der Waals surface area contributed by atoms with Crippen molar-refractivity contribution in [2.75, 3.05) is 19.8 Å². The zero-order valence-electron chi connectivity index (χ0n) is 23.4. The Balaban J connectivity index is 2.53. The highest BCUT2D eigenvalue weighted by atomic mass is 28.5. The van der Waals surface area contributed by atoms with Gasteiger partial charge in [0.25, 0.3) is 0 Å². The summed E-state index contributed by atoms with van der Waals surface area (Å²) in [7, 11) is -5.32. The van der Waals surface area contributed by atoms with Gasteiger partial charge in [-0.05, 0) is 42.4 Å². The summed E-state index contributed by atoms with van der Waals surface area (Å²) in [5, 5.41) is 0. The van der Waals surface area contributed by atoms with E-state index in [-0.39, 0.29) is 47.4 Å². The molecule has 7 nitrogen and oxygen atoms in total. The third-order valence-electron chi connectivity index (χ3n) is 7.49.